The number of halogens is 1. The van der Waals surface area contributed by atoms with E-state index in [1.54, 1.807) is 42.5 Å². The van der Waals surface area contributed by atoms with E-state index >= 15 is 0 Å². The van der Waals surface area contributed by atoms with E-state index in [4.69, 9.17) is 11.6 Å². The molecule has 0 bridgehead atoms. The van der Waals surface area contributed by atoms with E-state index in [1.807, 2.05) is 13.8 Å². The van der Waals surface area contributed by atoms with Crippen LogP contribution in [0.2, 0.25) is 5.02 Å². The second-order valence-corrected chi connectivity index (χ2v) is 7.72. The van der Waals surface area contributed by atoms with Crippen LogP contribution in [0, 0.1) is 10.1 Å². The maximum absolute atomic E-state index is 13.3. The van der Waals surface area contributed by atoms with Crippen LogP contribution in [0.5, 0.6) is 0 Å². The minimum Gasteiger partial charge on any atom is -0.354 e. The summed E-state index contributed by atoms with van der Waals surface area (Å²) in [5.74, 6) is -0.567. The zero-order valence-corrected chi connectivity index (χ0v) is 18.6. The molecule has 0 unspecified atom stereocenters. The van der Waals surface area contributed by atoms with Crippen molar-refractivity contribution in [2.24, 2.45) is 0 Å². The fraction of sp³-hybridized carbons (Fsp3) is 0.391. The minimum atomic E-state index is -0.678. The first-order chi connectivity index (χ1) is 14.9. The van der Waals surface area contributed by atoms with Crippen molar-refractivity contribution in [2.45, 2.75) is 52.1 Å². The van der Waals surface area contributed by atoms with Gasteiger partial charge < -0.3 is 10.2 Å². The van der Waals surface area contributed by atoms with Crippen LogP contribution >= 0.6 is 11.6 Å². The molecule has 0 spiro atoms. The van der Waals surface area contributed by atoms with Crippen molar-refractivity contribution in [1.29, 1.82) is 0 Å². The average molecular weight is 446 g/mol. The Labute approximate surface area is 187 Å². The molecular weight excluding hydrogens is 418 g/mol. The van der Waals surface area contributed by atoms with Crippen molar-refractivity contribution in [1.82, 2.24) is 10.2 Å². The van der Waals surface area contributed by atoms with E-state index in [0.717, 1.165) is 18.4 Å². The monoisotopic (exact) mass is 445 g/mol. The maximum Gasteiger partial charge on any atom is 0.273 e. The summed E-state index contributed by atoms with van der Waals surface area (Å²) in [6.45, 7) is 4.62. The molecule has 0 aromatic heterocycles. The second kappa shape index (κ2) is 12.1. The number of benzene rings is 2. The van der Waals surface area contributed by atoms with Gasteiger partial charge in [0.2, 0.25) is 11.8 Å². The van der Waals surface area contributed by atoms with Gasteiger partial charge in [0, 0.05) is 29.7 Å². The van der Waals surface area contributed by atoms with E-state index in [9.17, 15) is 19.7 Å². The third kappa shape index (κ3) is 7.07. The molecule has 1 N–H and O–H groups in total. The Morgan fingerprint density at radius 2 is 1.81 bits per heavy atom. The van der Waals surface area contributed by atoms with Gasteiger partial charge in [0.1, 0.15) is 6.04 Å². The summed E-state index contributed by atoms with van der Waals surface area (Å²) in [6, 6.07) is 12.5. The number of rotatable bonds is 11. The van der Waals surface area contributed by atoms with Crippen LogP contribution in [0.1, 0.15) is 44.2 Å². The molecule has 7 nitrogen and oxygen atoms in total. The largest absolute Gasteiger partial charge is 0.354 e. The molecule has 0 radical (unpaired) electrons. The van der Waals surface area contributed by atoms with Gasteiger partial charge in [-0.25, -0.2) is 0 Å². The molecule has 0 heterocycles. The first kappa shape index (κ1) is 24.3. The summed E-state index contributed by atoms with van der Waals surface area (Å²) in [4.78, 5) is 38.5. The number of hydrogen-bond acceptors (Lipinski definition) is 4. The zero-order valence-electron chi connectivity index (χ0n) is 17.8. The topological polar surface area (TPSA) is 92.6 Å². The first-order valence-electron chi connectivity index (χ1n) is 10.4. The van der Waals surface area contributed by atoms with Crippen LogP contribution in [0.15, 0.2) is 48.5 Å². The molecule has 0 saturated carbocycles. The number of para-hydroxylation sites is 1. The Morgan fingerprint density at radius 1 is 1.13 bits per heavy atom. The van der Waals surface area contributed by atoms with E-state index in [2.05, 4.69) is 5.32 Å². The number of carbonyl (C=O) groups is 2. The summed E-state index contributed by atoms with van der Waals surface area (Å²) in [5.41, 5.74) is 1.03. The number of nitrogens with zero attached hydrogens (tertiary/aromatic N) is 2. The summed E-state index contributed by atoms with van der Waals surface area (Å²) in [6.07, 6.45) is 2.06. The molecule has 0 saturated heterocycles. The third-order valence-electron chi connectivity index (χ3n) is 5.01. The molecule has 2 aromatic rings. The minimum absolute atomic E-state index is 0.109. The Morgan fingerprint density at radius 3 is 2.42 bits per heavy atom. The van der Waals surface area contributed by atoms with E-state index in [0.29, 0.717) is 23.6 Å². The van der Waals surface area contributed by atoms with E-state index in [-0.39, 0.29) is 30.5 Å². The molecule has 0 aliphatic rings. The van der Waals surface area contributed by atoms with E-state index < -0.39 is 11.0 Å². The highest BCUT2D eigenvalue weighted by atomic mass is 35.5. The van der Waals surface area contributed by atoms with Crippen molar-refractivity contribution in [3.05, 3.63) is 74.8 Å². The van der Waals surface area contributed by atoms with Gasteiger partial charge in [0.25, 0.3) is 5.69 Å². The number of nitrogens with one attached hydrogen (secondary N) is 1. The van der Waals surface area contributed by atoms with Crippen LogP contribution in [-0.4, -0.2) is 34.2 Å². The Kier molecular flexibility index (Phi) is 9.46. The summed E-state index contributed by atoms with van der Waals surface area (Å²) >= 11 is 5.97. The number of amides is 2. The third-order valence-corrected chi connectivity index (χ3v) is 5.26. The van der Waals surface area contributed by atoms with Crippen molar-refractivity contribution in [2.75, 3.05) is 6.54 Å². The standard InChI is InChI=1S/C23H28ClN3O4/c1-3-5-14-25-23(29)20(4-2)26(16-17-10-12-19(24)13-11-17)22(28)15-18-8-6-7-9-21(18)27(30)31/h6-13,20H,3-5,14-16H2,1-2H3,(H,25,29)/t20-/m1/s1. The molecule has 2 amide bonds. The Hall–Kier alpha value is -2.93. The molecule has 31 heavy (non-hydrogen) atoms. The number of carbonyl (C=O) groups excluding carboxylic acids is 2. The molecule has 8 heteroatoms. The molecule has 166 valence electrons. The molecule has 2 rings (SSSR count). The number of hydrogen-bond donors (Lipinski definition) is 1. The number of nitro groups is 1. The zero-order chi connectivity index (χ0) is 22.8. The molecule has 0 fully saturated rings. The average Bonchev–Trinajstić information content (AvgIpc) is 2.75. The second-order valence-electron chi connectivity index (χ2n) is 7.28. The van der Waals surface area contributed by atoms with Crippen LogP contribution in [0.3, 0.4) is 0 Å². The van der Waals surface area contributed by atoms with Crippen LogP contribution in [0.25, 0.3) is 0 Å². The lowest BCUT2D eigenvalue weighted by molar-refractivity contribution is -0.385. The highest BCUT2D eigenvalue weighted by Crippen LogP contribution is 2.21. The normalized spacial score (nSPS) is 11.6. The highest BCUT2D eigenvalue weighted by molar-refractivity contribution is 6.30. The number of nitro benzene ring substituents is 1. The fourth-order valence-electron chi connectivity index (χ4n) is 3.32. The van der Waals surface area contributed by atoms with Gasteiger partial charge in [0.15, 0.2) is 0 Å². The van der Waals surface area contributed by atoms with Crippen LogP contribution < -0.4 is 5.32 Å². The smallest absolute Gasteiger partial charge is 0.273 e. The van der Waals surface area contributed by atoms with Gasteiger partial charge in [-0.1, -0.05) is 62.2 Å². The molecular formula is C23H28ClN3O4. The van der Waals surface area contributed by atoms with Crippen LogP contribution in [0.4, 0.5) is 5.69 Å². The number of unbranched alkanes of at least 4 members (excludes halogenated alkanes) is 1. The van der Waals surface area contributed by atoms with Crippen LogP contribution in [-0.2, 0) is 22.6 Å². The summed E-state index contributed by atoms with van der Waals surface area (Å²) in [7, 11) is 0. The van der Waals surface area contributed by atoms with Gasteiger partial charge in [-0.3, -0.25) is 19.7 Å². The fourth-order valence-corrected chi connectivity index (χ4v) is 3.44. The quantitative estimate of drug-likeness (QED) is 0.313. The van der Waals surface area contributed by atoms with Gasteiger partial charge in [0.05, 0.1) is 11.3 Å². The van der Waals surface area contributed by atoms with Gasteiger partial charge >= 0.3 is 0 Å². The summed E-state index contributed by atoms with van der Waals surface area (Å²) in [5, 5.41) is 14.8. The van der Waals surface area contributed by atoms with E-state index in [1.165, 1.54) is 11.0 Å². The molecule has 2 aromatic carbocycles. The predicted molar refractivity (Wildman–Crippen MR) is 121 cm³/mol. The SMILES string of the molecule is CCCCNC(=O)[C@@H](CC)N(Cc1ccc(Cl)cc1)C(=O)Cc1ccccc1[N+](=O)[O-]. The first-order valence-corrected chi connectivity index (χ1v) is 10.8. The Balaban J connectivity index is 2.31. The van der Waals surface area contributed by atoms with Gasteiger partial charge in [-0.15, -0.1) is 0 Å². The lowest BCUT2D eigenvalue weighted by Gasteiger charge is -2.30. The maximum atomic E-state index is 13.3. The predicted octanol–water partition coefficient (Wildman–Crippen LogP) is 4.51. The van der Waals surface area contributed by atoms with Crippen molar-refractivity contribution in [3.63, 3.8) is 0 Å². The molecule has 0 aliphatic carbocycles. The van der Waals surface area contributed by atoms with Gasteiger partial charge in [-0.05, 0) is 30.5 Å². The molecule has 0 aliphatic heterocycles. The summed E-state index contributed by atoms with van der Waals surface area (Å²) < 4.78 is 0. The van der Waals surface area contributed by atoms with Crippen molar-refractivity contribution < 1.29 is 14.5 Å². The molecule has 1 atom stereocenters. The lowest BCUT2D eigenvalue weighted by atomic mass is 10.1. The highest BCUT2D eigenvalue weighted by Gasteiger charge is 2.29. The van der Waals surface area contributed by atoms with Crippen molar-refractivity contribution >= 4 is 29.1 Å². The lowest BCUT2D eigenvalue weighted by Crippen LogP contribution is -2.49. The van der Waals surface area contributed by atoms with Gasteiger partial charge in [-0.2, -0.15) is 0 Å². The Bertz CT molecular complexity index is 902. The van der Waals surface area contributed by atoms with Crippen molar-refractivity contribution in [3.8, 4) is 0 Å².